The average Bonchev–Trinajstić information content (AvgIpc) is 3.44. The van der Waals surface area contributed by atoms with Gasteiger partial charge in [-0.25, -0.2) is 18.2 Å². The number of fused-ring (bicyclic) bond motifs is 1. The third-order valence-corrected chi connectivity index (χ3v) is 8.18. The van der Waals surface area contributed by atoms with Gasteiger partial charge in [0.25, 0.3) is 5.91 Å². The van der Waals surface area contributed by atoms with Crippen LogP contribution in [0.15, 0.2) is 62.0 Å². The van der Waals surface area contributed by atoms with Gasteiger partial charge >= 0.3 is 5.76 Å². The average molecular weight is 485 g/mol. The summed E-state index contributed by atoms with van der Waals surface area (Å²) < 4.78 is 32.0. The predicted molar refractivity (Wildman–Crippen MR) is 125 cm³/mol. The monoisotopic (exact) mass is 484 g/mol. The number of sulfonamides is 1. The summed E-state index contributed by atoms with van der Waals surface area (Å²) in [6.07, 6.45) is 2.77. The molecular formula is C22H20N4O5S2. The Morgan fingerprint density at radius 1 is 1.09 bits per heavy atom. The zero-order valence-corrected chi connectivity index (χ0v) is 19.0. The number of nitrogens with one attached hydrogen (secondary N) is 2. The van der Waals surface area contributed by atoms with E-state index in [1.807, 2.05) is 0 Å². The molecule has 1 aliphatic rings. The van der Waals surface area contributed by atoms with Crippen molar-refractivity contribution in [3.63, 3.8) is 0 Å². The van der Waals surface area contributed by atoms with Crippen LogP contribution in [0.25, 0.3) is 22.4 Å². The number of hydrogen-bond acceptors (Lipinski definition) is 7. The van der Waals surface area contributed by atoms with Crippen molar-refractivity contribution in [2.45, 2.75) is 24.2 Å². The van der Waals surface area contributed by atoms with Crippen LogP contribution in [0.4, 0.5) is 5.13 Å². The maximum atomic E-state index is 12.8. The number of benzene rings is 2. The number of nitrogens with zero attached hydrogens (tertiary/aromatic N) is 2. The van der Waals surface area contributed by atoms with Crippen molar-refractivity contribution in [2.75, 3.05) is 18.4 Å². The van der Waals surface area contributed by atoms with Crippen molar-refractivity contribution in [1.82, 2.24) is 14.3 Å². The fourth-order valence-corrected chi connectivity index (χ4v) is 6.01. The molecule has 0 aliphatic carbocycles. The van der Waals surface area contributed by atoms with E-state index in [-0.39, 0.29) is 10.8 Å². The second-order valence-electron chi connectivity index (χ2n) is 7.71. The maximum Gasteiger partial charge on any atom is 0.417 e. The SMILES string of the molecule is O=C(Nc1nc(-c2ccc3oc(=O)[nH]c3c2)cs1)c1ccc(S(=O)(=O)N2CCCCC2)cc1. The van der Waals surface area contributed by atoms with Crippen LogP contribution in [0.3, 0.4) is 0 Å². The van der Waals surface area contributed by atoms with Crippen LogP contribution in [-0.2, 0) is 10.0 Å². The van der Waals surface area contributed by atoms with Crippen LogP contribution in [-0.4, -0.2) is 41.7 Å². The fourth-order valence-electron chi connectivity index (χ4n) is 3.78. The van der Waals surface area contributed by atoms with Crippen molar-refractivity contribution in [3.05, 3.63) is 64.0 Å². The summed E-state index contributed by atoms with van der Waals surface area (Å²) >= 11 is 1.26. The van der Waals surface area contributed by atoms with Gasteiger partial charge in [-0.15, -0.1) is 11.3 Å². The topological polar surface area (TPSA) is 125 Å². The summed E-state index contributed by atoms with van der Waals surface area (Å²) in [5.41, 5.74) is 2.77. The Labute approximate surface area is 193 Å². The van der Waals surface area contributed by atoms with Crippen LogP contribution in [0, 0.1) is 0 Å². The number of carbonyl (C=O) groups excluding carboxylic acids is 1. The van der Waals surface area contributed by atoms with Crippen LogP contribution in [0.1, 0.15) is 29.6 Å². The smallest absolute Gasteiger partial charge is 0.408 e. The predicted octanol–water partition coefficient (Wildman–Crippen LogP) is 3.67. The molecule has 0 unspecified atom stereocenters. The van der Waals surface area contributed by atoms with E-state index in [0.29, 0.717) is 40.6 Å². The number of oxazole rings is 1. The van der Waals surface area contributed by atoms with Crippen molar-refractivity contribution >= 4 is 43.5 Å². The minimum atomic E-state index is -3.54. The lowest BCUT2D eigenvalue weighted by Gasteiger charge is -2.25. The van der Waals surface area contributed by atoms with Crippen molar-refractivity contribution in [1.29, 1.82) is 0 Å². The molecule has 2 aromatic heterocycles. The molecule has 0 saturated carbocycles. The van der Waals surface area contributed by atoms with Gasteiger partial charge in [-0.3, -0.25) is 15.1 Å². The Balaban J connectivity index is 1.29. The van der Waals surface area contributed by atoms with Gasteiger partial charge in [-0.2, -0.15) is 4.31 Å². The Hall–Kier alpha value is -3.28. The molecule has 0 spiro atoms. The number of anilines is 1. The van der Waals surface area contributed by atoms with Crippen LogP contribution in [0.5, 0.6) is 0 Å². The molecule has 5 rings (SSSR count). The number of rotatable bonds is 5. The Morgan fingerprint density at radius 2 is 1.85 bits per heavy atom. The van der Waals surface area contributed by atoms with Crippen molar-refractivity contribution < 1.29 is 17.6 Å². The van der Waals surface area contributed by atoms with E-state index in [4.69, 9.17) is 4.42 Å². The first-order valence-corrected chi connectivity index (χ1v) is 12.7. The summed E-state index contributed by atoms with van der Waals surface area (Å²) in [6.45, 7) is 1.06. The lowest BCUT2D eigenvalue weighted by molar-refractivity contribution is 0.102. The summed E-state index contributed by atoms with van der Waals surface area (Å²) in [7, 11) is -3.54. The first kappa shape index (κ1) is 21.6. The molecule has 0 bridgehead atoms. The Bertz CT molecular complexity index is 1480. The van der Waals surface area contributed by atoms with E-state index in [0.717, 1.165) is 24.8 Å². The highest BCUT2D eigenvalue weighted by Crippen LogP contribution is 2.27. The standard InChI is InChI=1S/C22H20N4O5S2/c27-20(14-4-7-16(8-5-14)33(29,30)26-10-2-1-3-11-26)25-21-23-18(13-32-21)15-6-9-19-17(12-15)24-22(28)31-19/h4-9,12-13H,1-3,10-11H2,(H,24,28)(H,23,25,27). The van der Waals surface area contributed by atoms with E-state index < -0.39 is 15.8 Å². The lowest BCUT2D eigenvalue weighted by atomic mass is 10.1. The largest absolute Gasteiger partial charge is 0.417 e. The second kappa shape index (κ2) is 8.58. The molecule has 2 aromatic carbocycles. The molecule has 4 aromatic rings. The molecule has 33 heavy (non-hydrogen) atoms. The lowest BCUT2D eigenvalue weighted by Crippen LogP contribution is -2.35. The van der Waals surface area contributed by atoms with Gasteiger partial charge in [-0.05, 0) is 55.3 Å². The van der Waals surface area contributed by atoms with Gasteiger partial charge < -0.3 is 4.42 Å². The number of hydrogen-bond donors (Lipinski definition) is 2. The number of carbonyl (C=O) groups is 1. The highest BCUT2D eigenvalue weighted by atomic mass is 32.2. The molecule has 0 atom stereocenters. The summed E-state index contributed by atoms with van der Waals surface area (Å²) in [5.74, 6) is -0.907. The third-order valence-electron chi connectivity index (χ3n) is 5.51. The summed E-state index contributed by atoms with van der Waals surface area (Å²) in [6, 6.07) is 11.1. The summed E-state index contributed by atoms with van der Waals surface area (Å²) in [4.78, 5) is 31.2. The van der Waals surface area contributed by atoms with Gasteiger partial charge in [0.05, 0.1) is 16.1 Å². The third kappa shape index (κ3) is 4.34. The quantitative estimate of drug-likeness (QED) is 0.445. The Morgan fingerprint density at radius 3 is 2.61 bits per heavy atom. The molecule has 0 radical (unpaired) electrons. The minimum absolute atomic E-state index is 0.185. The normalized spacial score (nSPS) is 15.0. The second-order valence-corrected chi connectivity index (χ2v) is 10.5. The zero-order valence-electron chi connectivity index (χ0n) is 17.4. The van der Waals surface area contributed by atoms with E-state index in [2.05, 4.69) is 15.3 Å². The number of aromatic amines is 1. The number of thiazole rings is 1. The van der Waals surface area contributed by atoms with Crippen LogP contribution in [0.2, 0.25) is 0 Å². The molecule has 3 heterocycles. The first-order valence-electron chi connectivity index (χ1n) is 10.4. The van der Waals surface area contributed by atoms with Crippen LogP contribution < -0.4 is 11.1 Å². The zero-order chi connectivity index (χ0) is 23.0. The van der Waals surface area contributed by atoms with Gasteiger partial charge in [-0.1, -0.05) is 6.42 Å². The fraction of sp³-hybridized carbons (Fsp3) is 0.227. The maximum absolute atomic E-state index is 12.8. The number of aromatic nitrogens is 2. The molecule has 9 nitrogen and oxygen atoms in total. The minimum Gasteiger partial charge on any atom is -0.408 e. The number of piperidine rings is 1. The van der Waals surface area contributed by atoms with E-state index >= 15 is 0 Å². The van der Waals surface area contributed by atoms with E-state index in [1.165, 1.54) is 39.9 Å². The molecular weight excluding hydrogens is 464 g/mol. The molecule has 11 heteroatoms. The molecule has 1 fully saturated rings. The molecule has 1 saturated heterocycles. The molecule has 1 aliphatic heterocycles. The van der Waals surface area contributed by atoms with E-state index in [9.17, 15) is 18.0 Å². The first-order chi connectivity index (χ1) is 15.9. The van der Waals surface area contributed by atoms with E-state index in [1.54, 1.807) is 23.6 Å². The van der Waals surface area contributed by atoms with Crippen molar-refractivity contribution in [3.8, 4) is 11.3 Å². The molecule has 1 amide bonds. The molecule has 170 valence electrons. The molecule has 2 N–H and O–H groups in total. The highest BCUT2D eigenvalue weighted by Gasteiger charge is 2.26. The van der Waals surface area contributed by atoms with Gasteiger partial charge in [0.2, 0.25) is 10.0 Å². The number of amides is 1. The van der Waals surface area contributed by atoms with Gasteiger partial charge in [0.1, 0.15) is 0 Å². The van der Waals surface area contributed by atoms with Gasteiger partial charge in [0.15, 0.2) is 10.7 Å². The number of H-pyrrole nitrogens is 1. The van der Waals surface area contributed by atoms with Gasteiger partial charge in [0, 0.05) is 29.6 Å². The highest BCUT2D eigenvalue weighted by molar-refractivity contribution is 7.89. The van der Waals surface area contributed by atoms with Crippen molar-refractivity contribution in [2.24, 2.45) is 0 Å². The Kier molecular flexibility index (Phi) is 5.60. The van der Waals surface area contributed by atoms with Crippen LogP contribution >= 0.6 is 11.3 Å². The summed E-state index contributed by atoms with van der Waals surface area (Å²) in [5, 5.41) is 4.94.